The van der Waals surface area contributed by atoms with E-state index in [1.807, 2.05) is 0 Å². The molecule has 1 heterocycles. The predicted molar refractivity (Wildman–Crippen MR) is 104 cm³/mol. The SMILES string of the molecule is COc1cc(OC)c(C(c2cccc(C(F)(F)F)c2)N2CCNCC2)cc1OC. The molecule has 1 N–H and O–H groups in total. The molecule has 1 fully saturated rings. The van der Waals surface area contributed by atoms with Gasteiger partial charge in [-0.15, -0.1) is 0 Å². The molecule has 1 atom stereocenters. The van der Waals surface area contributed by atoms with Crippen LogP contribution in [0.1, 0.15) is 22.7 Å². The van der Waals surface area contributed by atoms with Gasteiger partial charge >= 0.3 is 6.18 Å². The number of benzene rings is 2. The van der Waals surface area contributed by atoms with Gasteiger partial charge in [0.1, 0.15) is 5.75 Å². The first-order chi connectivity index (χ1) is 13.9. The quantitative estimate of drug-likeness (QED) is 0.786. The second-order valence-electron chi connectivity index (χ2n) is 6.76. The van der Waals surface area contributed by atoms with E-state index in [1.54, 1.807) is 18.2 Å². The zero-order valence-corrected chi connectivity index (χ0v) is 16.7. The highest BCUT2D eigenvalue weighted by molar-refractivity contribution is 5.54. The van der Waals surface area contributed by atoms with Crippen molar-refractivity contribution in [1.82, 2.24) is 10.2 Å². The van der Waals surface area contributed by atoms with Gasteiger partial charge in [0, 0.05) is 37.8 Å². The second-order valence-corrected chi connectivity index (χ2v) is 6.76. The topological polar surface area (TPSA) is 43.0 Å². The summed E-state index contributed by atoms with van der Waals surface area (Å²) in [6, 6.07) is 8.53. The Morgan fingerprint density at radius 3 is 2.10 bits per heavy atom. The fourth-order valence-electron chi connectivity index (χ4n) is 3.68. The van der Waals surface area contributed by atoms with E-state index in [9.17, 15) is 13.2 Å². The minimum Gasteiger partial charge on any atom is -0.496 e. The second kappa shape index (κ2) is 8.92. The number of piperazine rings is 1. The van der Waals surface area contributed by atoms with Crippen LogP contribution >= 0.6 is 0 Å². The van der Waals surface area contributed by atoms with Crippen molar-refractivity contribution >= 4 is 0 Å². The molecule has 0 bridgehead atoms. The van der Waals surface area contributed by atoms with Crippen LogP contribution in [0, 0.1) is 0 Å². The third-order valence-electron chi connectivity index (χ3n) is 5.08. The number of hydrogen-bond donors (Lipinski definition) is 1. The van der Waals surface area contributed by atoms with Gasteiger partial charge in [-0.2, -0.15) is 13.2 Å². The molecule has 158 valence electrons. The van der Waals surface area contributed by atoms with Crippen LogP contribution in [-0.4, -0.2) is 52.4 Å². The van der Waals surface area contributed by atoms with Crippen molar-refractivity contribution in [3.8, 4) is 17.2 Å². The van der Waals surface area contributed by atoms with Gasteiger partial charge in [-0.05, 0) is 23.8 Å². The van der Waals surface area contributed by atoms with Crippen LogP contribution in [-0.2, 0) is 6.18 Å². The van der Waals surface area contributed by atoms with Gasteiger partial charge in [0.25, 0.3) is 0 Å². The molecule has 0 radical (unpaired) electrons. The Morgan fingerprint density at radius 2 is 1.52 bits per heavy atom. The highest BCUT2D eigenvalue weighted by Gasteiger charge is 2.33. The number of hydrogen-bond acceptors (Lipinski definition) is 5. The molecule has 0 aliphatic carbocycles. The Hall–Kier alpha value is -2.45. The molecule has 2 aromatic carbocycles. The number of rotatable bonds is 6. The number of halogens is 3. The Labute approximate surface area is 168 Å². The molecule has 8 heteroatoms. The number of alkyl halides is 3. The molecule has 2 aromatic rings. The first-order valence-electron chi connectivity index (χ1n) is 9.31. The number of methoxy groups -OCH3 is 3. The van der Waals surface area contributed by atoms with Crippen molar-refractivity contribution in [1.29, 1.82) is 0 Å². The molecule has 5 nitrogen and oxygen atoms in total. The van der Waals surface area contributed by atoms with Gasteiger partial charge in [-0.3, -0.25) is 4.90 Å². The van der Waals surface area contributed by atoms with E-state index in [-0.39, 0.29) is 0 Å². The molecule has 1 aliphatic rings. The summed E-state index contributed by atoms with van der Waals surface area (Å²) in [4.78, 5) is 2.15. The monoisotopic (exact) mass is 410 g/mol. The van der Waals surface area contributed by atoms with Crippen molar-refractivity contribution < 1.29 is 27.4 Å². The molecule has 0 saturated carbocycles. The summed E-state index contributed by atoms with van der Waals surface area (Å²) >= 11 is 0. The van der Waals surface area contributed by atoms with Crippen LogP contribution in [0.25, 0.3) is 0 Å². The van der Waals surface area contributed by atoms with E-state index < -0.39 is 17.8 Å². The van der Waals surface area contributed by atoms with Crippen molar-refractivity contribution in [2.75, 3.05) is 47.5 Å². The smallest absolute Gasteiger partial charge is 0.416 e. The minimum atomic E-state index is -4.41. The van der Waals surface area contributed by atoms with Gasteiger partial charge in [0.2, 0.25) is 0 Å². The standard InChI is InChI=1S/C21H25F3N2O3/c1-27-17-13-19(29-3)18(28-2)12-16(17)20(26-9-7-25-8-10-26)14-5-4-6-15(11-14)21(22,23)24/h4-6,11-13,20,25H,7-10H2,1-3H3. The van der Waals surface area contributed by atoms with Crippen LogP contribution in [0.5, 0.6) is 17.2 Å². The van der Waals surface area contributed by atoms with Gasteiger partial charge in [-0.1, -0.05) is 12.1 Å². The van der Waals surface area contributed by atoms with Crippen LogP contribution in [0.4, 0.5) is 13.2 Å². The molecule has 1 unspecified atom stereocenters. The van der Waals surface area contributed by atoms with Crippen LogP contribution in [0.2, 0.25) is 0 Å². The lowest BCUT2D eigenvalue weighted by Gasteiger charge is -2.36. The zero-order valence-electron chi connectivity index (χ0n) is 16.7. The van der Waals surface area contributed by atoms with E-state index in [1.165, 1.54) is 33.5 Å². The summed E-state index contributed by atoms with van der Waals surface area (Å²) in [6.07, 6.45) is -4.41. The van der Waals surface area contributed by atoms with Crippen molar-refractivity contribution in [2.24, 2.45) is 0 Å². The fourth-order valence-corrected chi connectivity index (χ4v) is 3.68. The molecule has 3 rings (SSSR count). The van der Waals surface area contributed by atoms with Crippen molar-refractivity contribution in [3.63, 3.8) is 0 Å². The van der Waals surface area contributed by atoms with E-state index in [0.717, 1.165) is 24.7 Å². The third-order valence-corrected chi connectivity index (χ3v) is 5.08. The Kier molecular flexibility index (Phi) is 6.54. The summed E-state index contributed by atoms with van der Waals surface area (Å²) in [5, 5.41) is 3.28. The molecule has 0 amide bonds. The lowest BCUT2D eigenvalue weighted by atomic mass is 9.93. The maximum absolute atomic E-state index is 13.4. The van der Waals surface area contributed by atoms with Gasteiger partial charge in [0.05, 0.1) is 32.9 Å². The molecule has 0 spiro atoms. The summed E-state index contributed by atoms with van der Waals surface area (Å²) in [5.74, 6) is 1.52. The van der Waals surface area contributed by atoms with E-state index in [2.05, 4.69) is 10.2 Å². The number of ether oxygens (including phenoxy) is 3. The fraction of sp³-hybridized carbons (Fsp3) is 0.429. The number of nitrogens with one attached hydrogen (secondary N) is 1. The number of nitrogens with zero attached hydrogens (tertiary/aromatic N) is 1. The van der Waals surface area contributed by atoms with Crippen molar-refractivity contribution in [2.45, 2.75) is 12.2 Å². The normalized spacial score (nSPS) is 16.3. The van der Waals surface area contributed by atoms with Crippen LogP contribution < -0.4 is 19.5 Å². The molecule has 0 aromatic heterocycles. The summed E-state index contributed by atoms with van der Waals surface area (Å²) in [7, 11) is 4.58. The first kappa shape index (κ1) is 21.3. The predicted octanol–water partition coefficient (Wildman–Crippen LogP) is 3.73. The van der Waals surface area contributed by atoms with Crippen LogP contribution in [0.15, 0.2) is 36.4 Å². The third kappa shape index (κ3) is 4.59. The average molecular weight is 410 g/mol. The molecular weight excluding hydrogens is 385 g/mol. The molecule has 29 heavy (non-hydrogen) atoms. The average Bonchev–Trinajstić information content (AvgIpc) is 2.74. The Balaban J connectivity index is 2.17. The Bertz CT molecular complexity index is 836. The first-order valence-corrected chi connectivity index (χ1v) is 9.31. The summed E-state index contributed by atoms with van der Waals surface area (Å²) in [5.41, 5.74) is 0.605. The summed E-state index contributed by atoms with van der Waals surface area (Å²) < 4.78 is 56.4. The zero-order chi connectivity index (χ0) is 21.0. The minimum absolute atomic E-state index is 0.422. The maximum Gasteiger partial charge on any atom is 0.416 e. The molecule has 1 saturated heterocycles. The maximum atomic E-state index is 13.4. The van der Waals surface area contributed by atoms with Crippen LogP contribution in [0.3, 0.4) is 0 Å². The lowest BCUT2D eigenvalue weighted by molar-refractivity contribution is -0.137. The lowest BCUT2D eigenvalue weighted by Crippen LogP contribution is -2.45. The highest BCUT2D eigenvalue weighted by Crippen LogP contribution is 2.42. The largest absolute Gasteiger partial charge is 0.496 e. The Morgan fingerprint density at radius 1 is 0.897 bits per heavy atom. The molecular formula is C21H25F3N2O3. The van der Waals surface area contributed by atoms with Gasteiger partial charge in [-0.25, -0.2) is 0 Å². The van der Waals surface area contributed by atoms with Gasteiger partial charge < -0.3 is 19.5 Å². The van der Waals surface area contributed by atoms with E-state index in [4.69, 9.17) is 14.2 Å². The van der Waals surface area contributed by atoms with Crippen molar-refractivity contribution in [3.05, 3.63) is 53.1 Å². The van der Waals surface area contributed by atoms with Gasteiger partial charge in [0.15, 0.2) is 11.5 Å². The van der Waals surface area contributed by atoms with E-state index in [0.29, 0.717) is 35.9 Å². The van der Waals surface area contributed by atoms with E-state index >= 15 is 0 Å². The highest BCUT2D eigenvalue weighted by atomic mass is 19.4. The summed E-state index contributed by atoms with van der Waals surface area (Å²) in [6.45, 7) is 2.90. The molecule has 1 aliphatic heterocycles.